The van der Waals surface area contributed by atoms with Crippen LogP contribution in [0.25, 0.3) is 0 Å². The Kier molecular flexibility index (Phi) is 7.85. The van der Waals surface area contributed by atoms with E-state index in [2.05, 4.69) is 20.9 Å². The van der Waals surface area contributed by atoms with Gasteiger partial charge in [0.15, 0.2) is 5.96 Å². The Hall–Kier alpha value is -1.79. The SMILES string of the molecule is CN=C(NCCNC(=O)C(C)C)NC1CCN(C(=O)C(C)C)C1. The molecule has 1 rings (SSSR count). The number of aliphatic imine (C=N–C) groups is 1. The fourth-order valence-corrected chi connectivity index (χ4v) is 2.40. The Morgan fingerprint density at radius 1 is 1.13 bits per heavy atom. The van der Waals surface area contributed by atoms with Gasteiger partial charge in [0.25, 0.3) is 0 Å². The van der Waals surface area contributed by atoms with Crippen molar-refractivity contribution in [3.05, 3.63) is 0 Å². The van der Waals surface area contributed by atoms with E-state index in [1.165, 1.54) is 0 Å². The number of guanidine groups is 1. The summed E-state index contributed by atoms with van der Waals surface area (Å²) < 4.78 is 0. The summed E-state index contributed by atoms with van der Waals surface area (Å²) in [7, 11) is 1.72. The molecule has 1 aliphatic rings. The Balaban J connectivity index is 2.30. The van der Waals surface area contributed by atoms with Crippen LogP contribution in [0.15, 0.2) is 4.99 Å². The minimum atomic E-state index is -0.00426. The average Bonchev–Trinajstić information content (AvgIpc) is 2.97. The van der Waals surface area contributed by atoms with Crippen LogP contribution >= 0.6 is 0 Å². The molecule has 1 heterocycles. The van der Waals surface area contributed by atoms with E-state index in [1.807, 2.05) is 32.6 Å². The highest BCUT2D eigenvalue weighted by molar-refractivity contribution is 5.81. The summed E-state index contributed by atoms with van der Waals surface area (Å²) in [5.74, 6) is 0.987. The van der Waals surface area contributed by atoms with Crippen molar-refractivity contribution in [2.45, 2.75) is 40.2 Å². The Bertz CT molecular complexity index is 434. The molecule has 7 nitrogen and oxygen atoms in total. The van der Waals surface area contributed by atoms with Gasteiger partial charge in [-0.3, -0.25) is 14.6 Å². The molecule has 132 valence electrons. The topological polar surface area (TPSA) is 85.8 Å². The highest BCUT2D eigenvalue weighted by Crippen LogP contribution is 2.12. The predicted molar refractivity (Wildman–Crippen MR) is 92.2 cm³/mol. The van der Waals surface area contributed by atoms with Gasteiger partial charge in [-0.2, -0.15) is 0 Å². The number of hydrogen-bond donors (Lipinski definition) is 3. The molecule has 3 N–H and O–H groups in total. The van der Waals surface area contributed by atoms with Crippen LogP contribution in [-0.2, 0) is 9.59 Å². The number of nitrogens with one attached hydrogen (secondary N) is 3. The third-order valence-corrected chi connectivity index (χ3v) is 3.80. The van der Waals surface area contributed by atoms with Gasteiger partial charge in [0.1, 0.15) is 0 Å². The van der Waals surface area contributed by atoms with Crippen molar-refractivity contribution in [1.29, 1.82) is 0 Å². The minimum Gasteiger partial charge on any atom is -0.355 e. The standard InChI is InChI=1S/C16H31N5O2/c1-11(2)14(22)18-7-8-19-16(17-5)20-13-6-9-21(10-13)15(23)12(3)4/h11-13H,6-10H2,1-5H3,(H,18,22)(H2,17,19,20). The summed E-state index contributed by atoms with van der Waals surface area (Å²) in [6.45, 7) is 10.3. The molecular weight excluding hydrogens is 294 g/mol. The van der Waals surface area contributed by atoms with Crippen molar-refractivity contribution in [1.82, 2.24) is 20.9 Å². The predicted octanol–water partition coefficient (Wildman–Crippen LogP) is 0.181. The molecule has 0 saturated carbocycles. The lowest BCUT2D eigenvalue weighted by Gasteiger charge is -2.20. The molecule has 0 radical (unpaired) electrons. The van der Waals surface area contributed by atoms with E-state index < -0.39 is 0 Å². The average molecular weight is 325 g/mol. The molecule has 1 saturated heterocycles. The fraction of sp³-hybridized carbons (Fsp3) is 0.812. The number of carbonyl (C=O) groups is 2. The van der Waals surface area contributed by atoms with E-state index in [0.29, 0.717) is 25.6 Å². The first-order valence-corrected chi connectivity index (χ1v) is 8.38. The molecule has 0 aliphatic carbocycles. The molecule has 1 unspecified atom stereocenters. The largest absolute Gasteiger partial charge is 0.355 e. The third-order valence-electron chi connectivity index (χ3n) is 3.80. The molecule has 23 heavy (non-hydrogen) atoms. The molecule has 0 aromatic rings. The van der Waals surface area contributed by atoms with Gasteiger partial charge in [0.05, 0.1) is 0 Å². The van der Waals surface area contributed by atoms with Gasteiger partial charge in [-0.25, -0.2) is 0 Å². The number of likely N-dealkylation sites (tertiary alicyclic amines) is 1. The van der Waals surface area contributed by atoms with Gasteiger partial charge < -0.3 is 20.9 Å². The van der Waals surface area contributed by atoms with Crippen LogP contribution in [0.2, 0.25) is 0 Å². The van der Waals surface area contributed by atoms with Crippen molar-refractivity contribution in [3.8, 4) is 0 Å². The quantitative estimate of drug-likeness (QED) is 0.369. The first-order valence-electron chi connectivity index (χ1n) is 8.38. The molecule has 1 atom stereocenters. The van der Waals surface area contributed by atoms with Crippen LogP contribution in [0.1, 0.15) is 34.1 Å². The van der Waals surface area contributed by atoms with Crippen molar-refractivity contribution in [3.63, 3.8) is 0 Å². The smallest absolute Gasteiger partial charge is 0.225 e. The summed E-state index contributed by atoms with van der Waals surface area (Å²) in [5, 5.41) is 9.36. The molecule has 1 fully saturated rings. The van der Waals surface area contributed by atoms with Crippen LogP contribution < -0.4 is 16.0 Å². The Morgan fingerprint density at radius 2 is 1.78 bits per heavy atom. The van der Waals surface area contributed by atoms with Crippen LogP contribution in [0.3, 0.4) is 0 Å². The van der Waals surface area contributed by atoms with E-state index >= 15 is 0 Å². The second-order valence-corrected chi connectivity index (χ2v) is 6.51. The van der Waals surface area contributed by atoms with Crippen LogP contribution in [0.5, 0.6) is 0 Å². The molecular formula is C16H31N5O2. The molecule has 1 aliphatic heterocycles. The molecule has 0 bridgehead atoms. The summed E-state index contributed by atoms with van der Waals surface area (Å²) >= 11 is 0. The number of amides is 2. The first kappa shape index (κ1) is 19.3. The highest BCUT2D eigenvalue weighted by Gasteiger charge is 2.27. The highest BCUT2D eigenvalue weighted by atomic mass is 16.2. The fourth-order valence-electron chi connectivity index (χ4n) is 2.40. The zero-order valence-corrected chi connectivity index (χ0v) is 15.0. The molecule has 0 aromatic heterocycles. The number of nitrogens with zero attached hydrogens (tertiary/aromatic N) is 2. The normalized spacial score (nSPS) is 18.5. The maximum absolute atomic E-state index is 12.0. The van der Waals surface area contributed by atoms with Crippen LogP contribution in [0.4, 0.5) is 0 Å². The van der Waals surface area contributed by atoms with Crippen molar-refractivity contribution in [2.24, 2.45) is 16.8 Å². The zero-order chi connectivity index (χ0) is 17.4. The van der Waals surface area contributed by atoms with Crippen molar-refractivity contribution >= 4 is 17.8 Å². The lowest BCUT2D eigenvalue weighted by Crippen LogP contribution is -2.47. The summed E-state index contributed by atoms with van der Waals surface area (Å²) in [5.41, 5.74) is 0. The van der Waals surface area contributed by atoms with E-state index in [1.54, 1.807) is 7.05 Å². The lowest BCUT2D eigenvalue weighted by molar-refractivity contribution is -0.133. The van der Waals surface area contributed by atoms with Crippen LogP contribution in [0, 0.1) is 11.8 Å². The van der Waals surface area contributed by atoms with Gasteiger partial charge in [-0.15, -0.1) is 0 Å². The van der Waals surface area contributed by atoms with Crippen molar-refractivity contribution < 1.29 is 9.59 Å². The molecule has 7 heteroatoms. The summed E-state index contributed by atoms with van der Waals surface area (Å²) in [4.78, 5) is 29.5. The van der Waals surface area contributed by atoms with E-state index in [-0.39, 0.29) is 29.7 Å². The van der Waals surface area contributed by atoms with Gasteiger partial charge >= 0.3 is 0 Å². The second-order valence-electron chi connectivity index (χ2n) is 6.51. The first-order chi connectivity index (χ1) is 10.8. The Labute approximate surface area is 139 Å². The number of carbonyl (C=O) groups excluding carboxylic acids is 2. The summed E-state index contributed by atoms with van der Waals surface area (Å²) in [6, 6.07) is 0.217. The molecule has 0 aromatic carbocycles. The van der Waals surface area contributed by atoms with Gasteiger partial charge in [-0.05, 0) is 6.42 Å². The molecule has 2 amide bonds. The van der Waals surface area contributed by atoms with Gasteiger partial charge in [-0.1, -0.05) is 27.7 Å². The van der Waals surface area contributed by atoms with E-state index in [9.17, 15) is 9.59 Å². The second kappa shape index (κ2) is 9.37. The minimum absolute atomic E-state index is 0.00426. The summed E-state index contributed by atoms with van der Waals surface area (Å²) in [6.07, 6.45) is 0.920. The van der Waals surface area contributed by atoms with Gasteiger partial charge in [0.2, 0.25) is 11.8 Å². The monoisotopic (exact) mass is 325 g/mol. The van der Waals surface area contributed by atoms with E-state index in [4.69, 9.17) is 0 Å². The third kappa shape index (κ3) is 6.46. The zero-order valence-electron chi connectivity index (χ0n) is 15.0. The number of hydrogen-bond acceptors (Lipinski definition) is 3. The van der Waals surface area contributed by atoms with Crippen LogP contribution in [-0.4, -0.2) is 61.9 Å². The lowest BCUT2D eigenvalue weighted by atomic mass is 10.2. The molecule has 0 spiro atoms. The maximum atomic E-state index is 12.0. The van der Waals surface area contributed by atoms with Gasteiger partial charge in [0, 0.05) is 51.1 Å². The number of rotatable bonds is 6. The Morgan fingerprint density at radius 3 is 2.35 bits per heavy atom. The van der Waals surface area contributed by atoms with Crippen molar-refractivity contribution in [2.75, 3.05) is 33.2 Å². The maximum Gasteiger partial charge on any atom is 0.225 e. The van der Waals surface area contributed by atoms with E-state index in [0.717, 1.165) is 13.0 Å².